The summed E-state index contributed by atoms with van der Waals surface area (Å²) in [4.78, 5) is 0. The van der Waals surface area contributed by atoms with Gasteiger partial charge in [0, 0.05) is 6.54 Å². The van der Waals surface area contributed by atoms with E-state index in [1.807, 2.05) is 0 Å². The van der Waals surface area contributed by atoms with Crippen LogP contribution in [-0.2, 0) is 0 Å². The van der Waals surface area contributed by atoms with Crippen molar-refractivity contribution < 1.29 is 5.11 Å². The molecular weight excluding hydrogens is 222 g/mol. The first-order valence-electron chi connectivity index (χ1n) is 8.09. The molecule has 2 heteroatoms. The van der Waals surface area contributed by atoms with E-state index in [0.29, 0.717) is 0 Å². The topological polar surface area (TPSA) is 32.3 Å². The summed E-state index contributed by atoms with van der Waals surface area (Å²) in [7, 11) is 0. The summed E-state index contributed by atoms with van der Waals surface area (Å²) in [5, 5.41) is 13.9. The molecule has 0 aromatic rings. The lowest BCUT2D eigenvalue weighted by atomic mass is 9.79. The lowest BCUT2D eigenvalue weighted by Crippen LogP contribution is -2.43. The Labute approximate surface area is 114 Å². The summed E-state index contributed by atoms with van der Waals surface area (Å²) in [6, 6.07) is 0. The van der Waals surface area contributed by atoms with Crippen molar-refractivity contribution in [2.24, 2.45) is 5.92 Å². The highest BCUT2D eigenvalue weighted by atomic mass is 16.3. The maximum Gasteiger partial charge on any atom is 0.0771 e. The Kier molecular flexibility index (Phi) is 7.92. The monoisotopic (exact) mass is 255 g/mol. The fraction of sp³-hybridized carbons (Fsp3) is 1.00. The van der Waals surface area contributed by atoms with E-state index in [4.69, 9.17) is 0 Å². The zero-order chi connectivity index (χ0) is 13.3. The van der Waals surface area contributed by atoms with Crippen LogP contribution in [0, 0.1) is 5.92 Å². The Morgan fingerprint density at radius 1 is 1.06 bits per heavy atom. The van der Waals surface area contributed by atoms with Crippen LogP contribution in [0.5, 0.6) is 0 Å². The largest absolute Gasteiger partial charge is 0.389 e. The zero-order valence-corrected chi connectivity index (χ0v) is 12.5. The summed E-state index contributed by atoms with van der Waals surface area (Å²) < 4.78 is 0. The van der Waals surface area contributed by atoms with Crippen LogP contribution in [0.4, 0.5) is 0 Å². The van der Waals surface area contributed by atoms with Gasteiger partial charge in [0.05, 0.1) is 5.60 Å². The number of hydrogen-bond donors (Lipinski definition) is 2. The molecule has 1 fully saturated rings. The quantitative estimate of drug-likeness (QED) is 0.613. The van der Waals surface area contributed by atoms with Crippen LogP contribution in [0.15, 0.2) is 0 Å². The average molecular weight is 255 g/mol. The van der Waals surface area contributed by atoms with E-state index in [-0.39, 0.29) is 0 Å². The van der Waals surface area contributed by atoms with Gasteiger partial charge in [-0.25, -0.2) is 0 Å². The first-order chi connectivity index (χ1) is 8.66. The molecule has 1 saturated carbocycles. The molecule has 0 amide bonds. The lowest BCUT2D eigenvalue weighted by molar-refractivity contribution is -0.00595. The van der Waals surface area contributed by atoms with E-state index in [2.05, 4.69) is 19.2 Å². The first kappa shape index (κ1) is 16.0. The Morgan fingerprint density at radius 2 is 1.67 bits per heavy atom. The van der Waals surface area contributed by atoms with E-state index >= 15 is 0 Å². The van der Waals surface area contributed by atoms with Gasteiger partial charge in [0.2, 0.25) is 0 Å². The van der Waals surface area contributed by atoms with Gasteiger partial charge >= 0.3 is 0 Å². The van der Waals surface area contributed by atoms with Crippen LogP contribution in [0.2, 0.25) is 0 Å². The second-order valence-electron chi connectivity index (χ2n) is 6.35. The van der Waals surface area contributed by atoms with Crippen LogP contribution in [0.1, 0.15) is 78.1 Å². The number of aliphatic hydroxyl groups is 1. The minimum absolute atomic E-state index is 0.408. The van der Waals surface area contributed by atoms with Gasteiger partial charge in [0.15, 0.2) is 0 Å². The molecule has 0 unspecified atom stereocenters. The highest BCUT2D eigenvalue weighted by molar-refractivity contribution is 4.86. The Bertz CT molecular complexity index is 197. The molecule has 2 nitrogen and oxygen atoms in total. The van der Waals surface area contributed by atoms with Crippen LogP contribution in [0.25, 0.3) is 0 Å². The summed E-state index contributed by atoms with van der Waals surface area (Å²) in [5.74, 6) is 0.809. The molecule has 0 radical (unpaired) electrons. The predicted octanol–water partition coefficient (Wildman–Crippen LogP) is 3.88. The van der Waals surface area contributed by atoms with Gasteiger partial charge in [-0.2, -0.15) is 0 Å². The molecule has 108 valence electrons. The van der Waals surface area contributed by atoms with Crippen molar-refractivity contribution in [1.82, 2.24) is 5.32 Å². The molecule has 0 aliphatic heterocycles. The summed E-state index contributed by atoms with van der Waals surface area (Å²) >= 11 is 0. The van der Waals surface area contributed by atoms with Crippen molar-refractivity contribution in [1.29, 1.82) is 0 Å². The minimum atomic E-state index is -0.408. The summed E-state index contributed by atoms with van der Waals surface area (Å²) in [5.41, 5.74) is -0.408. The second-order valence-corrected chi connectivity index (χ2v) is 6.35. The van der Waals surface area contributed by atoms with Gasteiger partial charge in [-0.3, -0.25) is 0 Å². The number of hydrogen-bond acceptors (Lipinski definition) is 2. The Morgan fingerprint density at radius 3 is 2.33 bits per heavy atom. The number of unbranched alkanes of at least 4 members (excludes halogenated alkanes) is 5. The molecule has 18 heavy (non-hydrogen) atoms. The van der Waals surface area contributed by atoms with Crippen LogP contribution >= 0.6 is 0 Å². The maximum absolute atomic E-state index is 10.4. The van der Waals surface area contributed by atoms with Crippen molar-refractivity contribution in [2.75, 3.05) is 13.1 Å². The minimum Gasteiger partial charge on any atom is -0.389 e. The third-order valence-electron chi connectivity index (χ3n) is 4.37. The molecule has 0 spiro atoms. The highest BCUT2D eigenvalue weighted by Crippen LogP contribution is 2.31. The van der Waals surface area contributed by atoms with Crippen molar-refractivity contribution in [3.8, 4) is 0 Å². The molecule has 0 aromatic carbocycles. The fourth-order valence-electron chi connectivity index (χ4n) is 2.83. The van der Waals surface area contributed by atoms with Gasteiger partial charge in [-0.15, -0.1) is 0 Å². The average Bonchev–Trinajstić information content (AvgIpc) is 2.37. The Hall–Kier alpha value is -0.0800. The number of rotatable bonds is 9. The van der Waals surface area contributed by atoms with Gasteiger partial charge in [0.25, 0.3) is 0 Å². The van der Waals surface area contributed by atoms with Gasteiger partial charge in [-0.1, -0.05) is 46.0 Å². The molecule has 0 aromatic heterocycles. The van der Waals surface area contributed by atoms with E-state index in [0.717, 1.165) is 31.8 Å². The molecule has 0 atom stereocenters. The van der Waals surface area contributed by atoms with Gasteiger partial charge in [-0.05, 0) is 44.6 Å². The standard InChI is InChI=1S/C16H33NO/c1-3-4-5-6-7-8-13-17-14-16(18)11-9-15(2)10-12-16/h15,17-18H,3-14H2,1-2H3. The van der Waals surface area contributed by atoms with Crippen molar-refractivity contribution in [3.05, 3.63) is 0 Å². The molecule has 2 N–H and O–H groups in total. The third kappa shape index (κ3) is 6.75. The summed E-state index contributed by atoms with van der Waals surface area (Å²) in [6.45, 7) is 6.43. The molecular formula is C16H33NO. The maximum atomic E-state index is 10.4. The first-order valence-corrected chi connectivity index (χ1v) is 8.09. The zero-order valence-electron chi connectivity index (χ0n) is 12.5. The second kappa shape index (κ2) is 8.92. The van der Waals surface area contributed by atoms with Crippen molar-refractivity contribution in [3.63, 3.8) is 0 Å². The molecule has 1 aliphatic carbocycles. The molecule has 0 bridgehead atoms. The SMILES string of the molecule is CCCCCCCCNCC1(O)CCC(C)CC1. The van der Waals surface area contributed by atoms with Crippen LogP contribution in [-0.4, -0.2) is 23.8 Å². The van der Waals surface area contributed by atoms with Gasteiger partial charge in [0.1, 0.15) is 0 Å². The molecule has 1 rings (SSSR count). The third-order valence-corrected chi connectivity index (χ3v) is 4.37. The van der Waals surface area contributed by atoms with Crippen LogP contribution < -0.4 is 5.32 Å². The molecule has 0 saturated heterocycles. The van der Waals surface area contributed by atoms with E-state index in [1.54, 1.807) is 0 Å². The van der Waals surface area contributed by atoms with Crippen molar-refractivity contribution in [2.45, 2.75) is 83.7 Å². The van der Waals surface area contributed by atoms with E-state index < -0.39 is 5.60 Å². The van der Waals surface area contributed by atoms with E-state index in [9.17, 15) is 5.11 Å². The predicted molar refractivity (Wildman–Crippen MR) is 78.8 cm³/mol. The Balaban J connectivity index is 1.94. The van der Waals surface area contributed by atoms with Crippen molar-refractivity contribution >= 4 is 0 Å². The number of nitrogens with one attached hydrogen (secondary N) is 1. The fourth-order valence-corrected chi connectivity index (χ4v) is 2.83. The smallest absolute Gasteiger partial charge is 0.0771 e. The van der Waals surface area contributed by atoms with Crippen LogP contribution in [0.3, 0.4) is 0 Å². The lowest BCUT2D eigenvalue weighted by Gasteiger charge is -2.35. The summed E-state index contributed by atoms with van der Waals surface area (Å²) in [6.07, 6.45) is 12.4. The molecule has 1 aliphatic rings. The normalized spacial score (nSPS) is 28.5. The van der Waals surface area contributed by atoms with Gasteiger partial charge < -0.3 is 10.4 Å². The molecule has 0 heterocycles. The highest BCUT2D eigenvalue weighted by Gasteiger charge is 2.30. The van der Waals surface area contributed by atoms with E-state index in [1.165, 1.54) is 51.4 Å².